The standard InChI is InChI=1S/C28H23F2N5O4S/c1-15-33-34-27(40-15)14-39-26-4-2-3-22(32-26)19-12-20(29)17(9-21(19)30)11-25-31-23-6-5-16(28(36)37)10-24(23)35(25)13-18-7-8-38-18/h2-6,9-10,12,18H,7-8,11,13-14H2,1H3,(H,36,37)/t18-/m0/s1. The van der Waals surface area contributed by atoms with Crippen LogP contribution < -0.4 is 4.74 Å². The summed E-state index contributed by atoms with van der Waals surface area (Å²) < 4.78 is 43.8. The van der Waals surface area contributed by atoms with E-state index in [1.54, 1.807) is 30.3 Å². The molecule has 0 unspecified atom stereocenters. The molecule has 1 aliphatic rings. The molecule has 40 heavy (non-hydrogen) atoms. The predicted octanol–water partition coefficient (Wildman–Crippen LogP) is 5.19. The molecule has 0 bridgehead atoms. The first-order chi connectivity index (χ1) is 19.3. The smallest absolute Gasteiger partial charge is 0.335 e. The van der Waals surface area contributed by atoms with Crippen LogP contribution in [0.1, 0.15) is 38.2 Å². The maximum Gasteiger partial charge on any atom is 0.335 e. The van der Waals surface area contributed by atoms with Gasteiger partial charge in [0.25, 0.3) is 0 Å². The molecule has 3 aromatic heterocycles. The number of aromatic carboxylic acids is 1. The number of carbonyl (C=O) groups is 1. The van der Waals surface area contributed by atoms with Crippen LogP contribution in [0.4, 0.5) is 8.78 Å². The van der Waals surface area contributed by atoms with Crippen LogP contribution >= 0.6 is 11.3 Å². The number of aromatic nitrogens is 5. The molecule has 0 amide bonds. The number of hydrogen-bond acceptors (Lipinski definition) is 8. The number of rotatable bonds is 9. The lowest BCUT2D eigenvalue weighted by atomic mass is 10.0. The average Bonchev–Trinajstić information content (AvgIpc) is 3.49. The minimum Gasteiger partial charge on any atom is -0.478 e. The molecule has 9 nitrogen and oxygen atoms in total. The van der Waals surface area contributed by atoms with Crippen LogP contribution in [0.25, 0.3) is 22.3 Å². The Kier molecular flexibility index (Phi) is 6.95. The molecule has 0 spiro atoms. The molecule has 6 rings (SSSR count). The van der Waals surface area contributed by atoms with Gasteiger partial charge in [0.2, 0.25) is 5.88 Å². The molecule has 0 saturated carbocycles. The Labute approximate surface area is 231 Å². The average molecular weight is 564 g/mol. The summed E-state index contributed by atoms with van der Waals surface area (Å²) in [5, 5.41) is 18.9. The van der Waals surface area contributed by atoms with E-state index in [2.05, 4.69) is 20.2 Å². The van der Waals surface area contributed by atoms with Crippen LogP contribution in [0.2, 0.25) is 0 Å². The Morgan fingerprint density at radius 2 is 2.00 bits per heavy atom. The number of aryl methyl sites for hydroxylation is 1. The lowest BCUT2D eigenvalue weighted by Crippen LogP contribution is -2.31. The molecule has 1 aliphatic heterocycles. The fourth-order valence-electron chi connectivity index (χ4n) is 4.54. The van der Waals surface area contributed by atoms with E-state index < -0.39 is 17.6 Å². The van der Waals surface area contributed by atoms with Gasteiger partial charge in [0, 0.05) is 24.7 Å². The van der Waals surface area contributed by atoms with E-state index in [9.17, 15) is 9.90 Å². The third kappa shape index (κ3) is 5.27. The Bertz CT molecular complexity index is 1730. The molecule has 0 aliphatic carbocycles. The minimum absolute atomic E-state index is 0.000862. The van der Waals surface area contributed by atoms with Crippen molar-refractivity contribution in [1.82, 2.24) is 24.7 Å². The van der Waals surface area contributed by atoms with Gasteiger partial charge in [-0.2, -0.15) is 0 Å². The van der Waals surface area contributed by atoms with Crippen molar-refractivity contribution in [3.05, 3.63) is 87.1 Å². The molecular formula is C28H23F2N5O4S. The Morgan fingerprint density at radius 1 is 1.15 bits per heavy atom. The summed E-state index contributed by atoms with van der Waals surface area (Å²) in [4.78, 5) is 20.5. The monoisotopic (exact) mass is 563 g/mol. The van der Waals surface area contributed by atoms with Gasteiger partial charge < -0.3 is 19.1 Å². The van der Waals surface area contributed by atoms with Crippen molar-refractivity contribution < 1.29 is 28.2 Å². The van der Waals surface area contributed by atoms with E-state index in [1.807, 2.05) is 11.5 Å². The van der Waals surface area contributed by atoms with Gasteiger partial charge in [-0.05, 0) is 55.3 Å². The van der Waals surface area contributed by atoms with E-state index in [4.69, 9.17) is 9.47 Å². The Morgan fingerprint density at radius 3 is 2.73 bits per heavy atom. The van der Waals surface area contributed by atoms with Crippen molar-refractivity contribution >= 4 is 28.3 Å². The second-order valence-corrected chi connectivity index (χ2v) is 10.7. The summed E-state index contributed by atoms with van der Waals surface area (Å²) in [6.07, 6.45) is 0.807. The van der Waals surface area contributed by atoms with E-state index in [-0.39, 0.29) is 47.4 Å². The van der Waals surface area contributed by atoms with Gasteiger partial charge in [-0.1, -0.05) is 17.4 Å². The van der Waals surface area contributed by atoms with Gasteiger partial charge in [0.1, 0.15) is 29.1 Å². The second kappa shape index (κ2) is 10.7. The van der Waals surface area contributed by atoms with Crippen molar-refractivity contribution in [2.45, 2.75) is 39.0 Å². The molecule has 0 radical (unpaired) electrons. The van der Waals surface area contributed by atoms with Crippen LogP contribution in [0.5, 0.6) is 5.88 Å². The highest BCUT2D eigenvalue weighted by molar-refractivity contribution is 7.11. The number of fused-ring (bicyclic) bond motifs is 1. The lowest BCUT2D eigenvalue weighted by Gasteiger charge is -2.27. The summed E-state index contributed by atoms with van der Waals surface area (Å²) in [5.74, 6) is -1.57. The first-order valence-corrected chi connectivity index (χ1v) is 13.4. The van der Waals surface area contributed by atoms with E-state index >= 15 is 8.78 Å². The van der Waals surface area contributed by atoms with Crippen LogP contribution in [0.3, 0.4) is 0 Å². The number of hydrogen-bond donors (Lipinski definition) is 1. The lowest BCUT2D eigenvalue weighted by molar-refractivity contribution is -0.0589. The fraction of sp³-hybridized carbons (Fsp3) is 0.250. The number of nitrogens with zero attached hydrogens (tertiary/aromatic N) is 5. The quantitative estimate of drug-likeness (QED) is 0.261. The molecule has 1 saturated heterocycles. The first-order valence-electron chi connectivity index (χ1n) is 12.6. The normalized spacial score (nSPS) is 14.8. The summed E-state index contributed by atoms with van der Waals surface area (Å²) in [6.45, 7) is 3.09. The molecule has 12 heteroatoms. The van der Waals surface area contributed by atoms with Crippen LogP contribution in [-0.4, -0.2) is 48.5 Å². The first kappa shape index (κ1) is 26.0. The summed E-state index contributed by atoms with van der Waals surface area (Å²) in [6, 6.07) is 11.8. The van der Waals surface area contributed by atoms with Gasteiger partial charge in [-0.15, -0.1) is 10.2 Å². The zero-order valence-corrected chi connectivity index (χ0v) is 22.1. The Balaban J connectivity index is 1.28. The molecule has 1 N–H and O–H groups in total. The maximum absolute atomic E-state index is 15.4. The van der Waals surface area contributed by atoms with Gasteiger partial charge in [0.05, 0.1) is 34.9 Å². The van der Waals surface area contributed by atoms with Crippen LogP contribution in [0, 0.1) is 18.6 Å². The number of imidazole rings is 1. The summed E-state index contributed by atoms with van der Waals surface area (Å²) in [7, 11) is 0. The molecule has 5 aromatic rings. The number of benzene rings is 2. The fourth-order valence-corrected chi connectivity index (χ4v) is 5.17. The molecular weight excluding hydrogens is 540 g/mol. The molecule has 4 heterocycles. The van der Waals surface area contributed by atoms with Crippen molar-refractivity contribution in [2.75, 3.05) is 6.61 Å². The predicted molar refractivity (Wildman–Crippen MR) is 142 cm³/mol. The molecule has 204 valence electrons. The van der Waals surface area contributed by atoms with Crippen LogP contribution in [-0.2, 0) is 24.3 Å². The maximum atomic E-state index is 15.4. The van der Waals surface area contributed by atoms with E-state index in [1.165, 1.54) is 17.4 Å². The number of carboxylic acid groups (broad SMARTS) is 1. The van der Waals surface area contributed by atoms with E-state index in [0.29, 0.717) is 35.0 Å². The molecule has 2 aromatic carbocycles. The second-order valence-electron chi connectivity index (χ2n) is 9.39. The van der Waals surface area contributed by atoms with Crippen LogP contribution in [0.15, 0.2) is 48.5 Å². The zero-order chi connectivity index (χ0) is 27.8. The Hall–Kier alpha value is -4.29. The highest BCUT2D eigenvalue weighted by Crippen LogP contribution is 2.29. The molecule has 1 fully saturated rings. The topological polar surface area (TPSA) is 112 Å². The van der Waals surface area contributed by atoms with E-state index in [0.717, 1.165) is 23.6 Å². The largest absolute Gasteiger partial charge is 0.478 e. The van der Waals surface area contributed by atoms with Crippen molar-refractivity contribution in [3.63, 3.8) is 0 Å². The highest BCUT2D eigenvalue weighted by Gasteiger charge is 2.23. The van der Waals surface area contributed by atoms with Crippen molar-refractivity contribution in [1.29, 1.82) is 0 Å². The number of halogens is 2. The third-order valence-electron chi connectivity index (χ3n) is 6.65. The van der Waals surface area contributed by atoms with Crippen molar-refractivity contribution in [3.8, 4) is 17.1 Å². The summed E-state index contributed by atoms with van der Waals surface area (Å²) >= 11 is 1.40. The highest BCUT2D eigenvalue weighted by atomic mass is 32.1. The molecule has 1 atom stereocenters. The van der Waals surface area contributed by atoms with Gasteiger partial charge in [-0.25, -0.2) is 23.5 Å². The third-order valence-corrected chi connectivity index (χ3v) is 7.46. The summed E-state index contributed by atoms with van der Waals surface area (Å²) in [5.41, 5.74) is 1.64. The van der Waals surface area contributed by atoms with Crippen molar-refractivity contribution in [2.24, 2.45) is 0 Å². The minimum atomic E-state index is -1.06. The SMILES string of the molecule is Cc1nnc(COc2cccc(-c3cc(F)c(Cc4nc5ccc(C(=O)O)cc5n4C[C@@H]4CCO4)cc3F)n2)s1. The number of pyridine rings is 1. The number of ether oxygens (including phenoxy) is 2. The van der Waals surface area contributed by atoms with Gasteiger partial charge in [-0.3, -0.25) is 0 Å². The zero-order valence-electron chi connectivity index (χ0n) is 21.3. The number of carboxylic acids is 1. The van der Waals surface area contributed by atoms with Gasteiger partial charge >= 0.3 is 5.97 Å². The van der Waals surface area contributed by atoms with Gasteiger partial charge in [0.15, 0.2) is 5.01 Å².